The normalized spacial score (nSPS) is 56.0. The van der Waals surface area contributed by atoms with Gasteiger partial charge in [-0.1, -0.05) is 13.8 Å². The van der Waals surface area contributed by atoms with Crippen molar-refractivity contribution in [2.75, 3.05) is 0 Å². The molecular formula is C21H33NO. The Hall–Kier alpha value is -0.370. The Balaban J connectivity index is 1.42. The molecule has 6 aliphatic rings. The molecule has 2 heteroatoms. The van der Waals surface area contributed by atoms with Crippen molar-refractivity contribution in [1.29, 1.82) is 0 Å². The molecule has 0 aromatic heterocycles. The van der Waals surface area contributed by atoms with Crippen molar-refractivity contribution in [1.82, 2.24) is 5.32 Å². The van der Waals surface area contributed by atoms with Crippen molar-refractivity contribution in [2.45, 2.75) is 90.1 Å². The minimum atomic E-state index is 0.0731. The van der Waals surface area contributed by atoms with Crippen LogP contribution in [0.3, 0.4) is 0 Å². The lowest BCUT2D eigenvalue weighted by Crippen LogP contribution is -2.65. The molecule has 0 amide bonds. The molecule has 0 spiro atoms. The third-order valence-electron chi connectivity index (χ3n) is 9.33. The maximum absolute atomic E-state index is 13.7. The van der Waals surface area contributed by atoms with E-state index in [2.05, 4.69) is 26.1 Å². The number of fused-ring (bicyclic) bond motifs is 2. The lowest BCUT2D eigenvalue weighted by atomic mass is 9.47. The Labute approximate surface area is 141 Å². The van der Waals surface area contributed by atoms with E-state index in [-0.39, 0.29) is 17.0 Å². The topological polar surface area (TPSA) is 29.1 Å². The molecule has 0 aromatic rings. The lowest BCUT2D eigenvalue weighted by Gasteiger charge is -2.58. The molecule has 1 saturated heterocycles. The van der Waals surface area contributed by atoms with Crippen molar-refractivity contribution in [3.63, 3.8) is 0 Å². The number of carbonyl (C=O) groups excluding carboxylic acids is 1. The molecule has 23 heavy (non-hydrogen) atoms. The summed E-state index contributed by atoms with van der Waals surface area (Å²) in [4.78, 5) is 13.7. The third-order valence-corrected chi connectivity index (χ3v) is 9.33. The molecule has 0 radical (unpaired) electrons. The molecular weight excluding hydrogens is 282 g/mol. The zero-order valence-electron chi connectivity index (χ0n) is 15.2. The number of Topliss-reactive ketones (excluding diaryl/α,β-unsaturated/α-hetero) is 1. The number of carbonyl (C=O) groups is 1. The van der Waals surface area contributed by atoms with E-state index in [4.69, 9.17) is 0 Å². The van der Waals surface area contributed by atoms with Gasteiger partial charge in [-0.15, -0.1) is 0 Å². The van der Waals surface area contributed by atoms with E-state index in [0.29, 0.717) is 11.2 Å². The highest BCUT2D eigenvalue weighted by Crippen LogP contribution is 2.62. The molecule has 5 aliphatic carbocycles. The van der Waals surface area contributed by atoms with Gasteiger partial charge >= 0.3 is 0 Å². The summed E-state index contributed by atoms with van der Waals surface area (Å²) in [6.45, 7) is 7.22. The van der Waals surface area contributed by atoms with Crippen LogP contribution in [0.2, 0.25) is 0 Å². The van der Waals surface area contributed by atoms with Gasteiger partial charge in [0, 0.05) is 11.0 Å². The van der Waals surface area contributed by atoms with Crippen LogP contribution >= 0.6 is 0 Å². The second-order valence-corrected chi connectivity index (χ2v) is 10.8. The molecule has 128 valence electrons. The first-order chi connectivity index (χ1) is 10.8. The fourth-order valence-electron chi connectivity index (χ4n) is 7.95. The van der Waals surface area contributed by atoms with Crippen molar-refractivity contribution in [2.24, 2.45) is 34.5 Å². The first-order valence-corrected chi connectivity index (χ1v) is 10.1. The number of piperidine rings is 1. The first kappa shape index (κ1) is 14.9. The zero-order chi connectivity index (χ0) is 16.0. The second kappa shape index (κ2) is 4.42. The molecule has 2 unspecified atom stereocenters. The van der Waals surface area contributed by atoms with Gasteiger partial charge in [0.15, 0.2) is 5.78 Å². The number of nitrogens with one attached hydrogen (secondary N) is 1. The van der Waals surface area contributed by atoms with Gasteiger partial charge < -0.3 is 5.32 Å². The summed E-state index contributed by atoms with van der Waals surface area (Å²) in [5.41, 5.74) is 0.577. The maximum atomic E-state index is 13.7. The van der Waals surface area contributed by atoms with E-state index >= 15 is 0 Å². The van der Waals surface area contributed by atoms with Crippen LogP contribution in [0.5, 0.6) is 0 Å². The standard InChI is InChI=1S/C21H33NO/c1-19(2)16-4-5-20(19,3)22-17(9-16)18(23)21-10-13-6-14(11-21)8-15(7-13)12-21/h13-17,22H,4-12H2,1-3H3/t13?,14?,15?,16?,17?,20-,21?/m0/s1. The monoisotopic (exact) mass is 315 g/mol. The van der Waals surface area contributed by atoms with Gasteiger partial charge in [-0.2, -0.15) is 0 Å². The predicted molar refractivity (Wildman–Crippen MR) is 92.1 cm³/mol. The highest BCUT2D eigenvalue weighted by atomic mass is 16.1. The predicted octanol–water partition coefficient (Wildman–Crippen LogP) is 4.33. The van der Waals surface area contributed by atoms with Crippen LogP contribution in [0.1, 0.15) is 78.6 Å². The van der Waals surface area contributed by atoms with Gasteiger partial charge in [-0.25, -0.2) is 0 Å². The fourth-order valence-corrected chi connectivity index (χ4v) is 7.95. The highest BCUT2D eigenvalue weighted by molar-refractivity contribution is 5.90. The number of ketones is 1. The van der Waals surface area contributed by atoms with Gasteiger partial charge in [0.25, 0.3) is 0 Å². The Bertz CT molecular complexity index is 515. The smallest absolute Gasteiger partial charge is 0.155 e. The van der Waals surface area contributed by atoms with E-state index in [9.17, 15) is 4.79 Å². The average molecular weight is 316 g/mol. The molecule has 6 fully saturated rings. The summed E-state index contributed by atoms with van der Waals surface area (Å²) in [7, 11) is 0. The first-order valence-electron chi connectivity index (χ1n) is 10.1. The summed E-state index contributed by atoms with van der Waals surface area (Å²) >= 11 is 0. The van der Waals surface area contributed by atoms with Crippen molar-refractivity contribution in [3.8, 4) is 0 Å². The van der Waals surface area contributed by atoms with Gasteiger partial charge in [-0.05, 0) is 93.8 Å². The van der Waals surface area contributed by atoms with E-state index in [1.807, 2.05) is 0 Å². The molecule has 6 rings (SSSR count). The summed E-state index contributed by atoms with van der Waals surface area (Å²) < 4.78 is 0. The van der Waals surface area contributed by atoms with Crippen LogP contribution in [0.15, 0.2) is 0 Å². The van der Waals surface area contributed by atoms with Crippen LogP contribution in [-0.4, -0.2) is 17.4 Å². The maximum Gasteiger partial charge on any atom is 0.155 e. The molecule has 1 heterocycles. The molecule has 3 atom stereocenters. The minimum Gasteiger partial charge on any atom is -0.302 e. The van der Waals surface area contributed by atoms with Gasteiger partial charge in [-0.3, -0.25) is 4.79 Å². The van der Waals surface area contributed by atoms with Crippen molar-refractivity contribution < 1.29 is 4.79 Å². The molecule has 1 N–H and O–H groups in total. The van der Waals surface area contributed by atoms with E-state index in [1.54, 1.807) is 0 Å². The van der Waals surface area contributed by atoms with Crippen LogP contribution in [-0.2, 0) is 4.79 Å². The van der Waals surface area contributed by atoms with Gasteiger partial charge in [0.2, 0.25) is 0 Å². The van der Waals surface area contributed by atoms with E-state index in [0.717, 1.165) is 30.1 Å². The van der Waals surface area contributed by atoms with E-state index < -0.39 is 0 Å². The summed E-state index contributed by atoms with van der Waals surface area (Å²) in [6, 6.07) is 0.150. The molecule has 2 nitrogen and oxygen atoms in total. The summed E-state index contributed by atoms with van der Waals surface area (Å²) in [5, 5.41) is 3.89. The number of hydrogen-bond donors (Lipinski definition) is 1. The van der Waals surface area contributed by atoms with Crippen LogP contribution in [0, 0.1) is 34.5 Å². The Morgan fingerprint density at radius 1 is 0.913 bits per heavy atom. The minimum absolute atomic E-state index is 0.0731. The van der Waals surface area contributed by atoms with Crippen LogP contribution < -0.4 is 5.32 Å². The van der Waals surface area contributed by atoms with Gasteiger partial charge in [0.1, 0.15) is 0 Å². The van der Waals surface area contributed by atoms with Crippen LogP contribution in [0.25, 0.3) is 0 Å². The lowest BCUT2D eigenvalue weighted by molar-refractivity contribution is -0.149. The number of rotatable bonds is 2. The number of hydrogen-bond acceptors (Lipinski definition) is 2. The Kier molecular flexibility index (Phi) is 2.87. The highest BCUT2D eigenvalue weighted by Gasteiger charge is 2.60. The average Bonchev–Trinajstić information content (AvgIpc) is 2.62. The molecule has 1 aliphatic heterocycles. The van der Waals surface area contributed by atoms with Crippen LogP contribution in [0.4, 0.5) is 0 Å². The third kappa shape index (κ3) is 1.88. The molecule has 0 aromatic carbocycles. The van der Waals surface area contributed by atoms with Crippen molar-refractivity contribution >= 4 is 5.78 Å². The fraction of sp³-hybridized carbons (Fsp3) is 0.952. The molecule has 5 saturated carbocycles. The van der Waals surface area contributed by atoms with Crippen molar-refractivity contribution in [3.05, 3.63) is 0 Å². The van der Waals surface area contributed by atoms with E-state index in [1.165, 1.54) is 51.4 Å². The largest absolute Gasteiger partial charge is 0.302 e. The SMILES string of the molecule is CC1(C)C2CC[C@]1(C)NC(C(=O)C13CC4CC(CC(C4)C1)C3)C2. The summed E-state index contributed by atoms with van der Waals surface area (Å²) in [6.07, 6.45) is 11.6. The summed E-state index contributed by atoms with van der Waals surface area (Å²) in [5.74, 6) is 3.98. The molecule has 6 bridgehead atoms. The quantitative estimate of drug-likeness (QED) is 0.822. The second-order valence-electron chi connectivity index (χ2n) is 10.8. The zero-order valence-corrected chi connectivity index (χ0v) is 15.2. The van der Waals surface area contributed by atoms with Gasteiger partial charge in [0.05, 0.1) is 6.04 Å². The Morgan fingerprint density at radius 3 is 2.00 bits per heavy atom. The Morgan fingerprint density at radius 2 is 1.48 bits per heavy atom.